The molecule has 1 rings (SSSR count). The Kier molecular flexibility index (Phi) is 5.01. The molecule has 0 spiro atoms. The molecule has 0 heterocycles. The highest BCUT2D eigenvalue weighted by atomic mass is 32.2. The lowest BCUT2D eigenvalue weighted by atomic mass is 9.61. The van der Waals surface area contributed by atoms with Crippen molar-refractivity contribution in [1.29, 1.82) is 0 Å². The van der Waals surface area contributed by atoms with Gasteiger partial charge in [0, 0.05) is 6.04 Å². The van der Waals surface area contributed by atoms with Crippen molar-refractivity contribution in [3.63, 3.8) is 0 Å². The van der Waals surface area contributed by atoms with Gasteiger partial charge in [-0.1, -0.05) is 27.7 Å². The Morgan fingerprint density at radius 2 is 1.95 bits per heavy atom. The van der Waals surface area contributed by atoms with Crippen LogP contribution in [0.3, 0.4) is 0 Å². The normalized spacial score (nSPS) is 31.1. The monoisotopic (exact) mass is 291 g/mol. The van der Waals surface area contributed by atoms with E-state index in [1.807, 2.05) is 27.7 Å². The molecule has 1 aliphatic carbocycles. The van der Waals surface area contributed by atoms with Gasteiger partial charge in [-0.3, -0.25) is 4.79 Å². The van der Waals surface area contributed by atoms with Gasteiger partial charge >= 0.3 is 5.97 Å². The summed E-state index contributed by atoms with van der Waals surface area (Å²) in [7, 11) is -3.25. The van der Waals surface area contributed by atoms with E-state index in [9.17, 15) is 18.3 Å². The molecule has 2 N–H and O–H groups in total. The van der Waals surface area contributed by atoms with Crippen LogP contribution in [0.4, 0.5) is 0 Å². The predicted molar refractivity (Wildman–Crippen MR) is 74.3 cm³/mol. The smallest absolute Gasteiger partial charge is 0.307 e. The van der Waals surface area contributed by atoms with Crippen molar-refractivity contribution in [3.8, 4) is 0 Å². The van der Waals surface area contributed by atoms with E-state index in [0.29, 0.717) is 19.3 Å². The summed E-state index contributed by atoms with van der Waals surface area (Å²) in [5, 5.41) is 9.26. The van der Waals surface area contributed by atoms with E-state index in [1.165, 1.54) is 0 Å². The van der Waals surface area contributed by atoms with Crippen LogP contribution in [0.25, 0.3) is 0 Å². The fourth-order valence-corrected chi connectivity index (χ4v) is 4.40. The summed E-state index contributed by atoms with van der Waals surface area (Å²) in [5.41, 5.74) is -0.413. The molecule has 112 valence electrons. The summed E-state index contributed by atoms with van der Waals surface area (Å²) in [6.45, 7) is 7.59. The van der Waals surface area contributed by atoms with Crippen LogP contribution in [0.2, 0.25) is 0 Å². The molecule has 1 aliphatic rings. The number of rotatable bonds is 5. The molecule has 5 nitrogen and oxygen atoms in total. The third kappa shape index (κ3) is 3.69. The highest BCUT2D eigenvalue weighted by Crippen LogP contribution is 2.45. The van der Waals surface area contributed by atoms with Gasteiger partial charge in [-0.2, -0.15) is 0 Å². The lowest BCUT2D eigenvalue weighted by Gasteiger charge is -2.46. The maximum atomic E-state index is 11.8. The van der Waals surface area contributed by atoms with Crippen LogP contribution in [0.5, 0.6) is 0 Å². The Morgan fingerprint density at radius 3 is 2.42 bits per heavy atom. The van der Waals surface area contributed by atoms with Gasteiger partial charge in [0.05, 0.1) is 11.7 Å². The SMILES string of the molecule is CCCS(=O)(=O)NC1CCC(C(=O)O)C(C)(C)C1C. The van der Waals surface area contributed by atoms with Crippen molar-refractivity contribution < 1.29 is 18.3 Å². The molecule has 1 saturated carbocycles. The average Bonchev–Trinajstić information content (AvgIpc) is 2.24. The van der Waals surface area contributed by atoms with Gasteiger partial charge in [-0.25, -0.2) is 13.1 Å². The van der Waals surface area contributed by atoms with Crippen LogP contribution in [-0.4, -0.2) is 31.3 Å². The van der Waals surface area contributed by atoms with Gasteiger partial charge < -0.3 is 5.11 Å². The highest BCUT2D eigenvalue weighted by molar-refractivity contribution is 7.89. The molecule has 6 heteroatoms. The second-order valence-corrected chi connectivity index (χ2v) is 7.99. The van der Waals surface area contributed by atoms with Gasteiger partial charge in [-0.15, -0.1) is 0 Å². The third-order valence-corrected chi connectivity index (χ3v) is 6.15. The quantitative estimate of drug-likeness (QED) is 0.809. The summed E-state index contributed by atoms with van der Waals surface area (Å²) in [6, 6.07) is -0.165. The van der Waals surface area contributed by atoms with E-state index in [0.717, 1.165) is 0 Å². The number of nitrogens with one attached hydrogen (secondary N) is 1. The minimum absolute atomic E-state index is 0.00557. The molecule has 0 aliphatic heterocycles. The van der Waals surface area contributed by atoms with Crippen LogP contribution < -0.4 is 4.72 Å². The van der Waals surface area contributed by atoms with Crippen molar-refractivity contribution in [1.82, 2.24) is 4.72 Å². The van der Waals surface area contributed by atoms with Gasteiger partial charge in [0.15, 0.2) is 0 Å². The minimum Gasteiger partial charge on any atom is -0.481 e. The van der Waals surface area contributed by atoms with Crippen LogP contribution in [-0.2, 0) is 14.8 Å². The lowest BCUT2D eigenvalue weighted by molar-refractivity contribution is -0.150. The largest absolute Gasteiger partial charge is 0.481 e. The van der Waals surface area contributed by atoms with E-state index < -0.39 is 27.3 Å². The van der Waals surface area contributed by atoms with Crippen molar-refractivity contribution >= 4 is 16.0 Å². The molecule has 0 amide bonds. The number of carboxylic acids is 1. The Labute approximate surface area is 115 Å². The van der Waals surface area contributed by atoms with Gasteiger partial charge in [0.25, 0.3) is 0 Å². The molecule has 0 radical (unpaired) electrons. The van der Waals surface area contributed by atoms with Crippen molar-refractivity contribution in [2.24, 2.45) is 17.3 Å². The highest BCUT2D eigenvalue weighted by Gasteiger charge is 2.46. The Bertz CT molecular complexity index is 430. The summed E-state index contributed by atoms with van der Waals surface area (Å²) in [4.78, 5) is 11.3. The number of sulfonamides is 1. The van der Waals surface area contributed by atoms with Gasteiger partial charge in [-0.05, 0) is 30.6 Å². The molecule has 3 atom stereocenters. The van der Waals surface area contributed by atoms with Crippen LogP contribution in [0.1, 0.15) is 47.0 Å². The zero-order valence-electron chi connectivity index (χ0n) is 12.1. The van der Waals surface area contributed by atoms with Gasteiger partial charge in [0.1, 0.15) is 0 Å². The van der Waals surface area contributed by atoms with E-state index in [2.05, 4.69) is 4.72 Å². The number of hydrogen-bond acceptors (Lipinski definition) is 3. The summed E-state index contributed by atoms with van der Waals surface area (Å²) >= 11 is 0. The second kappa shape index (κ2) is 5.79. The molecule has 0 aromatic rings. The van der Waals surface area contributed by atoms with Crippen molar-refractivity contribution in [2.45, 2.75) is 53.0 Å². The van der Waals surface area contributed by atoms with Crippen LogP contribution in [0.15, 0.2) is 0 Å². The van der Waals surface area contributed by atoms with Crippen molar-refractivity contribution in [3.05, 3.63) is 0 Å². The zero-order valence-corrected chi connectivity index (χ0v) is 13.0. The minimum atomic E-state index is -3.25. The van der Waals surface area contributed by atoms with E-state index in [-0.39, 0.29) is 17.7 Å². The predicted octanol–water partition coefficient (Wildman–Crippen LogP) is 1.84. The summed E-state index contributed by atoms with van der Waals surface area (Å²) in [6.07, 6.45) is 1.69. The standard InChI is InChI=1S/C13H25NO4S/c1-5-8-19(17,18)14-11-7-6-10(12(15)16)13(3,4)9(11)2/h9-11,14H,5-8H2,1-4H3,(H,15,16). The molecule has 0 saturated heterocycles. The maximum Gasteiger partial charge on any atom is 0.307 e. The first-order valence-corrected chi connectivity index (χ1v) is 8.50. The first-order valence-electron chi connectivity index (χ1n) is 6.84. The van der Waals surface area contributed by atoms with E-state index >= 15 is 0 Å². The Morgan fingerprint density at radius 1 is 1.37 bits per heavy atom. The number of aliphatic carboxylic acids is 1. The summed E-state index contributed by atoms with van der Waals surface area (Å²) < 4.78 is 26.4. The van der Waals surface area contributed by atoms with Gasteiger partial charge in [0.2, 0.25) is 10.0 Å². The molecular formula is C13H25NO4S. The van der Waals surface area contributed by atoms with Crippen molar-refractivity contribution in [2.75, 3.05) is 5.75 Å². The molecule has 1 fully saturated rings. The number of carboxylic acid groups (broad SMARTS) is 1. The number of hydrogen-bond donors (Lipinski definition) is 2. The second-order valence-electron chi connectivity index (χ2n) is 6.12. The molecule has 0 aromatic carbocycles. The van der Waals surface area contributed by atoms with E-state index in [4.69, 9.17) is 0 Å². The zero-order chi connectivity index (χ0) is 14.8. The first kappa shape index (κ1) is 16.4. The molecule has 19 heavy (non-hydrogen) atoms. The molecular weight excluding hydrogens is 266 g/mol. The third-order valence-electron chi connectivity index (χ3n) is 4.54. The first-order chi connectivity index (χ1) is 8.62. The molecule has 3 unspecified atom stereocenters. The fourth-order valence-electron chi connectivity index (χ4n) is 2.97. The van der Waals surface area contributed by atoms with Crippen LogP contribution in [0, 0.1) is 17.3 Å². The maximum absolute atomic E-state index is 11.8. The topological polar surface area (TPSA) is 83.5 Å². The Balaban J connectivity index is 2.84. The lowest BCUT2D eigenvalue weighted by Crippen LogP contribution is -2.52. The number of carbonyl (C=O) groups is 1. The Hall–Kier alpha value is -0.620. The average molecular weight is 291 g/mol. The fraction of sp³-hybridized carbons (Fsp3) is 0.923. The summed E-state index contributed by atoms with van der Waals surface area (Å²) in [5.74, 6) is -1.07. The van der Waals surface area contributed by atoms with Crippen LogP contribution >= 0.6 is 0 Å². The molecule has 0 bridgehead atoms. The molecule has 0 aromatic heterocycles. The van der Waals surface area contributed by atoms with E-state index in [1.54, 1.807) is 0 Å².